The molecule has 0 bridgehead atoms. The molecule has 1 aliphatic heterocycles. The van der Waals surface area contributed by atoms with Gasteiger partial charge in [0, 0.05) is 19.1 Å². The monoisotopic (exact) mass is 306 g/mol. The molecule has 0 saturated carbocycles. The predicted molar refractivity (Wildman–Crippen MR) is 76.2 cm³/mol. The third kappa shape index (κ3) is 3.39. The smallest absolute Gasteiger partial charge is 0.246 e. The van der Waals surface area contributed by atoms with Crippen LogP contribution in [0.15, 0.2) is 29.2 Å². The van der Waals surface area contributed by atoms with E-state index >= 15 is 0 Å². The van der Waals surface area contributed by atoms with Crippen molar-refractivity contribution in [2.24, 2.45) is 5.73 Å². The Hall–Kier alpha value is -0.820. The van der Waals surface area contributed by atoms with Gasteiger partial charge in [0.1, 0.15) is 10.6 Å². The Bertz CT molecular complexity index is 521. The van der Waals surface area contributed by atoms with Gasteiger partial charge in [0.2, 0.25) is 10.0 Å². The lowest BCUT2D eigenvalue weighted by Gasteiger charge is -2.30. The Morgan fingerprint density at radius 2 is 2.05 bits per heavy atom. The van der Waals surface area contributed by atoms with Crippen molar-refractivity contribution < 1.29 is 13.2 Å². The molecule has 19 heavy (non-hydrogen) atoms. The highest BCUT2D eigenvalue weighted by Crippen LogP contribution is 2.27. The first kappa shape index (κ1) is 16.2. The number of hydrogen-bond acceptors (Lipinski definition) is 4. The number of para-hydroxylation sites is 1. The van der Waals surface area contributed by atoms with Crippen LogP contribution in [0.25, 0.3) is 0 Å². The molecule has 0 aromatic heterocycles. The minimum atomic E-state index is -3.51. The number of sulfonamides is 1. The van der Waals surface area contributed by atoms with E-state index in [1.807, 2.05) is 0 Å². The van der Waals surface area contributed by atoms with E-state index in [1.165, 1.54) is 11.4 Å². The maximum atomic E-state index is 12.5. The van der Waals surface area contributed by atoms with Gasteiger partial charge in [0.05, 0.1) is 7.11 Å². The van der Waals surface area contributed by atoms with Crippen molar-refractivity contribution in [2.45, 2.75) is 23.8 Å². The first-order valence-electron chi connectivity index (χ1n) is 5.94. The summed E-state index contributed by atoms with van der Waals surface area (Å²) >= 11 is 0. The lowest BCUT2D eigenvalue weighted by molar-refractivity contribution is 0.314. The molecule has 1 unspecified atom stereocenters. The summed E-state index contributed by atoms with van der Waals surface area (Å²) < 4.78 is 31.6. The maximum absolute atomic E-state index is 12.5. The molecule has 1 saturated heterocycles. The molecule has 1 heterocycles. The standard InChI is InChI=1S/C12H18N2O3S.ClH/c1-17-11-6-2-3-7-12(11)18(15,16)14-8-4-5-10(13)9-14;/h2-3,6-7,10H,4-5,8-9,13H2,1H3;1H. The Labute approximate surface area is 120 Å². The molecule has 1 fully saturated rings. The van der Waals surface area contributed by atoms with Gasteiger partial charge >= 0.3 is 0 Å². The molecule has 1 aliphatic rings. The Balaban J connectivity index is 0.00000180. The van der Waals surface area contributed by atoms with Gasteiger partial charge in [-0.1, -0.05) is 12.1 Å². The van der Waals surface area contributed by atoms with E-state index in [0.717, 1.165) is 12.8 Å². The van der Waals surface area contributed by atoms with Crippen LogP contribution in [0.5, 0.6) is 5.75 Å². The Morgan fingerprint density at radius 3 is 2.68 bits per heavy atom. The van der Waals surface area contributed by atoms with Gasteiger partial charge in [0.25, 0.3) is 0 Å². The average Bonchev–Trinajstić information content (AvgIpc) is 2.38. The minimum absolute atomic E-state index is 0. The van der Waals surface area contributed by atoms with E-state index < -0.39 is 10.0 Å². The van der Waals surface area contributed by atoms with Crippen LogP contribution in [0.3, 0.4) is 0 Å². The highest BCUT2D eigenvalue weighted by atomic mass is 35.5. The van der Waals surface area contributed by atoms with Crippen molar-refractivity contribution in [3.8, 4) is 5.75 Å². The largest absolute Gasteiger partial charge is 0.495 e. The SMILES string of the molecule is COc1ccccc1S(=O)(=O)N1CCCC(N)C1.Cl. The van der Waals surface area contributed by atoms with E-state index in [1.54, 1.807) is 24.3 Å². The van der Waals surface area contributed by atoms with Crippen LogP contribution >= 0.6 is 12.4 Å². The predicted octanol–water partition coefficient (Wildman–Crippen LogP) is 1.23. The summed E-state index contributed by atoms with van der Waals surface area (Å²) in [6.07, 6.45) is 1.67. The number of rotatable bonds is 3. The zero-order valence-corrected chi connectivity index (χ0v) is 12.4. The number of ether oxygens (including phenoxy) is 1. The van der Waals surface area contributed by atoms with Crippen LogP contribution in [0.4, 0.5) is 0 Å². The van der Waals surface area contributed by atoms with Crippen molar-refractivity contribution in [3.05, 3.63) is 24.3 Å². The molecule has 108 valence electrons. The average molecular weight is 307 g/mol. The van der Waals surface area contributed by atoms with E-state index in [-0.39, 0.29) is 23.3 Å². The number of methoxy groups -OCH3 is 1. The maximum Gasteiger partial charge on any atom is 0.246 e. The first-order valence-corrected chi connectivity index (χ1v) is 7.38. The van der Waals surface area contributed by atoms with Gasteiger partial charge in [-0.25, -0.2) is 8.42 Å². The number of piperidine rings is 1. The Morgan fingerprint density at radius 1 is 1.37 bits per heavy atom. The number of benzene rings is 1. The third-order valence-corrected chi connectivity index (χ3v) is 5.01. The number of halogens is 1. The third-order valence-electron chi connectivity index (χ3n) is 3.11. The van der Waals surface area contributed by atoms with Crippen LogP contribution in [0.2, 0.25) is 0 Å². The van der Waals surface area contributed by atoms with E-state index in [4.69, 9.17) is 10.5 Å². The Kier molecular flexibility index (Phi) is 5.61. The lowest BCUT2D eigenvalue weighted by atomic mass is 10.1. The molecular weight excluding hydrogens is 288 g/mol. The number of nitrogens with zero attached hydrogens (tertiary/aromatic N) is 1. The second-order valence-electron chi connectivity index (χ2n) is 4.42. The topological polar surface area (TPSA) is 72.6 Å². The van der Waals surface area contributed by atoms with Gasteiger partial charge in [-0.15, -0.1) is 12.4 Å². The summed E-state index contributed by atoms with van der Waals surface area (Å²) in [5.41, 5.74) is 5.83. The van der Waals surface area contributed by atoms with Crippen LogP contribution in [0, 0.1) is 0 Å². The molecule has 0 spiro atoms. The molecule has 7 heteroatoms. The zero-order valence-electron chi connectivity index (χ0n) is 10.8. The fourth-order valence-corrected chi connectivity index (χ4v) is 3.85. The highest BCUT2D eigenvalue weighted by molar-refractivity contribution is 7.89. The molecule has 0 radical (unpaired) electrons. The summed E-state index contributed by atoms with van der Waals surface area (Å²) in [6.45, 7) is 0.897. The summed E-state index contributed by atoms with van der Waals surface area (Å²) in [7, 11) is -2.04. The molecule has 5 nitrogen and oxygen atoms in total. The summed E-state index contributed by atoms with van der Waals surface area (Å²) in [5.74, 6) is 0.372. The van der Waals surface area contributed by atoms with Crippen LogP contribution in [-0.2, 0) is 10.0 Å². The van der Waals surface area contributed by atoms with Gasteiger partial charge in [-0.2, -0.15) is 4.31 Å². The van der Waals surface area contributed by atoms with Gasteiger partial charge in [-0.3, -0.25) is 0 Å². The van der Waals surface area contributed by atoms with Gasteiger partial charge in [0.15, 0.2) is 0 Å². The van der Waals surface area contributed by atoms with Gasteiger partial charge in [-0.05, 0) is 25.0 Å². The molecule has 1 aromatic carbocycles. The zero-order chi connectivity index (χ0) is 13.2. The highest BCUT2D eigenvalue weighted by Gasteiger charge is 2.30. The lowest BCUT2D eigenvalue weighted by Crippen LogP contribution is -2.45. The van der Waals surface area contributed by atoms with E-state index in [2.05, 4.69) is 0 Å². The normalized spacial score (nSPS) is 20.6. The van der Waals surface area contributed by atoms with E-state index in [0.29, 0.717) is 18.8 Å². The van der Waals surface area contributed by atoms with Gasteiger partial charge < -0.3 is 10.5 Å². The number of hydrogen-bond donors (Lipinski definition) is 1. The first-order chi connectivity index (χ1) is 8.55. The molecule has 1 atom stereocenters. The molecule has 0 amide bonds. The second kappa shape index (κ2) is 6.56. The summed E-state index contributed by atoms with van der Waals surface area (Å²) in [5, 5.41) is 0. The summed E-state index contributed by atoms with van der Waals surface area (Å²) in [4.78, 5) is 0.210. The molecular formula is C12H19ClN2O3S. The van der Waals surface area contributed by atoms with Crippen molar-refractivity contribution in [2.75, 3.05) is 20.2 Å². The fraction of sp³-hybridized carbons (Fsp3) is 0.500. The quantitative estimate of drug-likeness (QED) is 0.911. The minimum Gasteiger partial charge on any atom is -0.495 e. The van der Waals surface area contributed by atoms with E-state index in [9.17, 15) is 8.42 Å². The van der Waals surface area contributed by atoms with Crippen LogP contribution in [0.1, 0.15) is 12.8 Å². The fourth-order valence-electron chi connectivity index (χ4n) is 2.16. The summed E-state index contributed by atoms with van der Waals surface area (Å²) in [6, 6.07) is 6.58. The molecule has 0 aliphatic carbocycles. The van der Waals surface area contributed by atoms with Crippen LogP contribution in [-0.4, -0.2) is 39.0 Å². The van der Waals surface area contributed by atoms with Crippen molar-refractivity contribution >= 4 is 22.4 Å². The molecule has 1 aromatic rings. The second-order valence-corrected chi connectivity index (χ2v) is 6.32. The molecule has 2 rings (SSSR count). The van der Waals surface area contributed by atoms with Crippen molar-refractivity contribution in [1.29, 1.82) is 0 Å². The van der Waals surface area contributed by atoms with Crippen LogP contribution < -0.4 is 10.5 Å². The molecule has 2 N–H and O–H groups in total. The van der Waals surface area contributed by atoms with Crippen molar-refractivity contribution in [1.82, 2.24) is 4.31 Å². The van der Waals surface area contributed by atoms with Crippen molar-refractivity contribution in [3.63, 3.8) is 0 Å². The number of nitrogens with two attached hydrogens (primary N) is 1.